The third-order valence-electron chi connectivity index (χ3n) is 2.17. The van der Waals surface area contributed by atoms with Crippen LogP contribution in [0.1, 0.15) is 33.6 Å². The van der Waals surface area contributed by atoms with Crippen molar-refractivity contribution in [2.75, 3.05) is 5.73 Å². The minimum absolute atomic E-state index is 0.0399. The Kier molecular flexibility index (Phi) is 1.65. The van der Waals surface area contributed by atoms with Gasteiger partial charge in [-0.25, -0.2) is 0 Å². The van der Waals surface area contributed by atoms with Gasteiger partial charge in [0.25, 0.3) is 0 Å². The Morgan fingerprint density at radius 3 is 2.62 bits per heavy atom. The summed E-state index contributed by atoms with van der Waals surface area (Å²) in [5, 5.41) is 0. The molecule has 0 fully saturated rings. The van der Waals surface area contributed by atoms with Crippen LogP contribution in [-0.2, 0) is 0 Å². The first kappa shape index (κ1) is 7.98. The molecular formula is C10H8NO2. The molecular weight excluding hydrogens is 166 g/mol. The predicted molar refractivity (Wildman–Crippen MR) is 47.6 cm³/mol. The number of benzene rings is 1. The van der Waals surface area contributed by atoms with E-state index in [1.807, 2.05) is 0 Å². The fourth-order valence-electron chi connectivity index (χ4n) is 1.51. The fraction of sp³-hybridized carbons (Fsp3) is 0.200. The first-order chi connectivity index (χ1) is 6.20. The van der Waals surface area contributed by atoms with E-state index in [1.165, 1.54) is 0 Å². The number of ketones is 2. The number of anilines is 1. The highest BCUT2D eigenvalue weighted by atomic mass is 16.1. The molecule has 1 aliphatic rings. The van der Waals surface area contributed by atoms with Crippen LogP contribution in [0.3, 0.4) is 0 Å². The van der Waals surface area contributed by atoms with E-state index in [1.54, 1.807) is 12.1 Å². The van der Waals surface area contributed by atoms with Crippen molar-refractivity contribution in [3.8, 4) is 0 Å². The van der Waals surface area contributed by atoms with E-state index in [2.05, 4.69) is 6.07 Å². The molecule has 1 aromatic rings. The summed E-state index contributed by atoms with van der Waals surface area (Å²) < 4.78 is 0. The number of nitrogens with two attached hydrogens (primary N) is 1. The van der Waals surface area contributed by atoms with Crippen molar-refractivity contribution in [1.29, 1.82) is 0 Å². The van der Waals surface area contributed by atoms with Gasteiger partial charge >= 0.3 is 0 Å². The first-order valence-electron chi connectivity index (χ1n) is 4.06. The average molecular weight is 174 g/mol. The Morgan fingerprint density at radius 1 is 1.23 bits per heavy atom. The summed E-state index contributed by atoms with van der Waals surface area (Å²) in [7, 11) is 0. The zero-order valence-electron chi connectivity index (χ0n) is 6.96. The van der Waals surface area contributed by atoms with Crippen molar-refractivity contribution in [3.63, 3.8) is 0 Å². The Morgan fingerprint density at radius 2 is 1.92 bits per heavy atom. The molecule has 0 amide bonds. The number of fused-ring (bicyclic) bond motifs is 1. The molecule has 0 atom stereocenters. The molecule has 3 nitrogen and oxygen atoms in total. The standard InChI is InChI=1S/C10H8NO2/c11-7-3-1-2-6-8(12)4-5-9(13)10(6)7/h1,3H,4-5,11H2. The van der Waals surface area contributed by atoms with E-state index >= 15 is 0 Å². The Bertz CT molecular complexity index is 396. The Hall–Kier alpha value is -1.64. The van der Waals surface area contributed by atoms with E-state index in [0.717, 1.165) is 0 Å². The minimum atomic E-state index is -0.0519. The summed E-state index contributed by atoms with van der Waals surface area (Å²) in [4.78, 5) is 22.7. The van der Waals surface area contributed by atoms with E-state index in [0.29, 0.717) is 16.8 Å². The van der Waals surface area contributed by atoms with E-state index in [-0.39, 0.29) is 24.4 Å². The van der Waals surface area contributed by atoms with Crippen LogP contribution >= 0.6 is 0 Å². The van der Waals surface area contributed by atoms with Crippen molar-refractivity contribution < 1.29 is 9.59 Å². The average Bonchev–Trinajstić information content (AvgIpc) is 2.12. The van der Waals surface area contributed by atoms with Gasteiger partial charge in [0.15, 0.2) is 11.6 Å². The summed E-state index contributed by atoms with van der Waals surface area (Å²) >= 11 is 0. The summed E-state index contributed by atoms with van der Waals surface area (Å²) in [5.41, 5.74) is 6.70. The molecule has 0 spiro atoms. The van der Waals surface area contributed by atoms with Gasteiger partial charge in [-0.1, -0.05) is 6.07 Å². The molecule has 0 heterocycles. The van der Waals surface area contributed by atoms with Crippen LogP contribution in [0.15, 0.2) is 12.1 Å². The maximum atomic E-state index is 11.4. The van der Waals surface area contributed by atoms with Gasteiger partial charge in [0.05, 0.1) is 5.56 Å². The molecule has 3 heteroatoms. The lowest BCUT2D eigenvalue weighted by atomic mass is 9.88. The molecule has 0 unspecified atom stereocenters. The van der Waals surface area contributed by atoms with Crippen molar-refractivity contribution in [3.05, 3.63) is 29.3 Å². The zero-order valence-corrected chi connectivity index (χ0v) is 6.96. The van der Waals surface area contributed by atoms with Gasteiger partial charge in [-0.15, -0.1) is 0 Å². The fourth-order valence-corrected chi connectivity index (χ4v) is 1.51. The molecule has 0 bridgehead atoms. The van der Waals surface area contributed by atoms with Gasteiger partial charge in [-0.05, 0) is 12.1 Å². The van der Waals surface area contributed by atoms with E-state index < -0.39 is 0 Å². The zero-order chi connectivity index (χ0) is 9.42. The molecule has 1 aliphatic carbocycles. The van der Waals surface area contributed by atoms with Crippen LogP contribution in [0.2, 0.25) is 0 Å². The van der Waals surface area contributed by atoms with Crippen LogP contribution in [-0.4, -0.2) is 11.6 Å². The lowest BCUT2D eigenvalue weighted by Gasteiger charge is -2.14. The maximum absolute atomic E-state index is 11.4. The highest BCUT2D eigenvalue weighted by Crippen LogP contribution is 2.25. The number of hydrogen-bond donors (Lipinski definition) is 1. The summed E-state index contributed by atoms with van der Waals surface area (Å²) in [6.07, 6.45) is 0.555. The monoisotopic (exact) mass is 174 g/mol. The Labute approximate surface area is 75.5 Å². The highest BCUT2D eigenvalue weighted by molar-refractivity contribution is 6.16. The lowest BCUT2D eigenvalue weighted by molar-refractivity contribution is 0.0891. The number of rotatable bonds is 0. The molecule has 0 saturated carbocycles. The summed E-state index contributed by atoms with van der Waals surface area (Å²) in [5.74, 6) is -0.0918. The van der Waals surface area contributed by atoms with Crippen LogP contribution in [0, 0.1) is 6.07 Å². The topological polar surface area (TPSA) is 60.2 Å². The van der Waals surface area contributed by atoms with E-state index in [9.17, 15) is 9.59 Å². The molecule has 65 valence electrons. The van der Waals surface area contributed by atoms with Gasteiger partial charge in [0.1, 0.15) is 0 Å². The number of carbonyl (C=O) groups excluding carboxylic acids is 2. The van der Waals surface area contributed by atoms with Crippen LogP contribution in [0.5, 0.6) is 0 Å². The number of carbonyl (C=O) groups is 2. The van der Waals surface area contributed by atoms with Gasteiger partial charge in [0.2, 0.25) is 0 Å². The quantitative estimate of drug-likeness (QED) is 0.602. The van der Waals surface area contributed by atoms with Crippen LogP contribution in [0.4, 0.5) is 5.69 Å². The van der Waals surface area contributed by atoms with Crippen LogP contribution < -0.4 is 5.73 Å². The minimum Gasteiger partial charge on any atom is -0.398 e. The third kappa shape index (κ3) is 1.13. The first-order valence-corrected chi connectivity index (χ1v) is 4.06. The Balaban J connectivity index is 2.70. The molecule has 2 N–H and O–H groups in total. The number of nitrogen functional groups attached to an aromatic ring is 1. The second-order valence-corrected chi connectivity index (χ2v) is 3.03. The van der Waals surface area contributed by atoms with Crippen molar-refractivity contribution in [2.45, 2.75) is 12.8 Å². The lowest BCUT2D eigenvalue weighted by Crippen LogP contribution is -2.18. The van der Waals surface area contributed by atoms with Gasteiger partial charge in [0, 0.05) is 24.1 Å². The van der Waals surface area contributed by atoms with Crippen molar-refractivity contribution >= 4 is 17.3 Å². The largest absolute Gasteiger partial charge is 0.398 e. The second-order valence-electron chi connectivity index (χ2n) is 3.03. The maximum Gasteiger partial charge on any atom is 0.166 e. The molecule has 1 radical (unpaired) electrons. The van der Waals surface area contributed by atoms with Gasteiger partial charge < -0.3 is 5.73 Å². The molecule has 0 aliphatic heterocycles. The van der Waals surface area contributed by atoms with E-state index in [4.69, 9.17) is 5.73 Å². The number of Topliss-reactive ketones (excluding diaryl/α,β-unsaturated/α-hetero) is 2. The smallest absolute Gasteiger partial charge is 0.166 e. The third-order valence-corrected chi connectivity index (χ3v) is 2.17. The highest BCUT2D eigenvalue weighted by Gasteiger charge is 2.25. The summed E-state index contributed by atoms with van der Waals surface area (Å²) in [6.45, 7) is 0. The second kappa shape index (κ2) is 2.69. The van der Waals surface area contributed by atoms with Gasteiger partial charge in [-0.3, -0.25) is 9.59 Å². The van der Waals surface area contributed by atoms with Crippen molar-refractivity contribution in [1.82, 2.24) is 0 Å². The molecule has 1 aromatic carbocycles. The predicted octanol–water partition coefficient (Wildman–Crippen LogP) is 1.23. The molecule has 2 rings (SSSR count). The molecule has 0 aromatic heterocycles. The van der Waals surface area contributed by atoms with Crippen LogP contribution in [0.25, 0.3) is 0 Å². The van der Waals surface area contributed by atoms with Gasteiger partial charge in [-0.2, -0.15) is 0 Å². The summed E-state index contributed by atoms with van der Waals surface area (Å²) in [6, 6.07) is 5.93. The number of hydrogen-bond acceptors (Lipinski definition) is 3. The SMILES string of the molecule is Nc1cc[c]c2c1C(=O)CCC2=O. The molecule has 13 heavy (non-hydrogen) atoms. The normalized spacial score (nSPS) is 15.7. The van der Waals surface area contributed by atoms with Crippen molar-refractivity contribution in [2.24, 2.45) is 0 Å². The molecule has 0 saturated heterocycles.